The zero-order valence-electron chi connectivity index (χ0n) is 16.6. The van der Waals surface area contributed by atoms with E-state index < -0.39 is 41.5 Å². The number of rotatable bonds is 3. The van der Waals surface area contributed by atoms with Crippen LogP contribution in [0.4, 0.5) is 0 Å². The topological polar surface area (TPSA) is 157 Å². The molecule has 31 heavy (non-hydrogen) atoms. The Labute approximate surface area is 177 Å². The van der Waals surface area contributed by atoms with Gasteiger partial charge in [-0.2, -0.15) is 0 Å². The summed E-state index contributed by atoms with van der Waals surface area (Å²) in [6.07, 6.45) is -0.247. The molecule has 0 aromatic heterocycles. The van der Waals surface area contributed by atoms with Crippen molar-refractivity contribution in [3.63, 3.8) is 0 Å². The molecule has 0 saturated heterocycles. The van der Waals surface area contributed by atoms with E-state index in [4.69, 9.17) is 9.47 Å². The van der Waals surface area contributed by atoms with Crippen LogP contribution in [0.15, 0.2) is 24.3 Å². The second kappa shape index (κ2) is 8.07. The molecule has 2 atom stereocenters. The molecule has 9 nitrogen and oxygen atoms in total. The number of aromatic hydroxyl groups is 5. The molecule has 1 saturated carbocycles. The molecule has 0 unspecified atom stereocenters. The van der Waals surface area contributed by atoms with Crippen LogP contribution in [0.1, 0.15) is 42.9 Å². The molecule has 9 heteroatoms. The van der Waals surface area contributed by atoms with Crippen LogP contribution in [0, 0.1) is 5.92 Å². The van der Waals surface area contributed by atoms with Crippen molar-refractivity contribution in [1.82, 2.24) is 0 Å². The van der Waals surface area contributed by atoms with Gasteiger partial charge in [0.2, 0.25) is 0 Å². The summed E-state index contributed by atoms with van der Waals surface area (Å²) < 4.78 is 11.6. The maximum Gasteiger partial charge on any atom is 0.309 e. The zero-order valence-corrected chi connectivity index (χ0v) is 16.6. The third-order valence-corrected chi connectivity index (χ3v) is 5.89. The van der Waals surface area contributed by atoms with Crippen LogP contribution in [0.2, 0.25) is 0 Å². The number of carbonyl (C=O) groups is 1. The predicted molar refractivity (Wildman–Crippen MR) is 106 cm³/mol. The van der Waals surface area contributed by atoms with Gasteiger partial charge in [0.05, 0.1) is 12.0 Å². The number of esters is 1. The first-order chi connectivity index (χ1) is 14.7. The molecule has 2 aromatic carbocycles. The Balaban J connectivity index is 1.66. The van der Waals surface area contributed by atoms with Crippen LogP contribution in [-0.4, -0.2) is 48.8 Å². The van der Waals surface area contributed by atoms with Crippen LogP contribution in [0.3, 0.4) is 0 Å². The lowest BCUT2D eigenvalue weighted by atomic mass is 9.87. The molecule has 1 fully saturated rings. The predicted octanol–water partition coefficient (Wildman–Crippen LogP) is 2.35. The molecule has 0 radical (unpaired) electrons. The van der Waals surface area contributed by atoms with Crippen LogP contribution in [0.25, 0.3) is 0 Å². The Kier molecular flexibility index (Phi) is 5.45. The summed E-state index contributed by atoms with van der Waals surface area (Å²) in [4.78, 5) is 12.8. The molecule has 0 bridgehead atoms. The molecule has 1 heterocycles. The van der Waals surface area contributed by atoms with Crippen LogP contribution in [-0.2, 0) is 16.0 Å². The van der Waals surface area contributed by atoms with Gasteiger partial charge in [0.15, 0.2) is 23.4 Å². The highest BCUT2D eigenvalue weighted by atomic mass is 16.6. The Bertz CT molecular complexity index is 972. The third-order valence-electron chi connectivity index (χ3n) is 5.89. The van der Waals surface area contributed by atoms with E-state index in [1.165, 1.54) is 18.2 Å². The van der Waals surface area contributed by atoms with E-state index in [9.17, 15) is 35.4 Å². The van der Waals surface area contributed by atoms with Crippen LogP contribution >= 0.6 is 0 Å². The van der Waals surface area contributed by atoms with Crippen LogP contribution < -0.4 is 4.74 Å². The van der Waals surface area contributed by atoms with Crippen molar-refractivity contribution < 1.29 is 44.9 Å². The van der Waals surface area contributed by atoms with Crippen molar-refractivity contribution in [2.24, 2.45) is 5.92 Å². The summed E-state index contributed by atoms with van der Waals surface area (Å²) in [6.45, 7) is 0. The molecular formula is C22H24O9. The standard InChI is InChI=1S/C22H24O9/c23-12-3-1-10(2-4-12)22(29)31-19-9-14-15(25)7-13(24)8-18(14)30-21(19)11-5-16(26)20(28)17(27)6-11/h5-8,10,12,19,21,23-28H,1-4,9H2/t10-,12+,19-,21+/m1/s1. The van der Waals surface area contributed by atoms with Crippen molar-refractivity contribution in [3.05, 3.63) is 35.4 Å². The molecular weight excluding hydrogens is 408 g/mol. The molecule has 4 rings (SSSR count). The number of fused-ring (bicyclic) bond motifs is 1. The van der Waals surface area contributed by atoms with Gasteiger partial charge in [-0.15, -0.1) is 0 Å². The molecule has 1 aliphatic carbocycles. The quantitative estimate of drug-likeness (QED) is 0.316. The first-order valence-corrected chi connectivity index (χ1v) is 10.1. The lowest BCUT2D eigenvalue weighted by Gasteiger charge is -2.35. The monoisotopic (exact) mass is 432 g/mol. The van der Waals surface area contributed by atoms with Gasteiger partial charge in [-0.25, -0.2) is 0 Å². The van der Waals surface area contributed by atoms with E-state index in [1.807, 2.05) is 0 Å². The van der Waals surface area contributed by atoms with Gasteiger partial charge in [0.1, 0.15) is 23.4 Å². The fraction of sp³-hybridized carbons (Fsp3) is 0.409. The summed E-state index contributed by atoms with van der Waals surface area (Å²) in [5.41, 5.74) is 0.580. The van der Waals surface area contributed by atoms with E-state index in [2.05, 4.69) is 0 Å². The highest BCUT2D eigenvalue weighted by Gasteiger charge is 2.38. The number of aliphatic hydroxyl groups excluding tert-OH is 1. The Morgan fingerprint density at radius 1 is 0.903 bits per heavy atom. The van der Waals surface area contributed by atoms with E-state index in [1.54, 1.807) is 0 Å². The summed E-state index contributed by atoms with van der Waals surface area (Å²) in [6, 6.07) is 4.83. The minimum absolute atomic E-state index is 0.0651. The largest absolute Gasteiger partial charge is 0.508 e. The van der Waals surface area contributed by atoms with Gasteiger partial charge < -0.3 is 40.1 Å². The molecule has 166 valence electrons. The number of carbonyl (C=O) groups excluding carboxylic acids is 1. The van der Waals surface area contributed by atoms with Gasteiger partial charge in [0.25, 0.3) is 0 Å². The van der Waals surface area contributed by atoms with Crippen molar-refractivity contribution >= 4 is 5.97 Å². The second-order valence-corrected chi connectivity index (χ2v) is 8.07. The normalized spacial score (nSPS) is 25.3. The average Bonchev–Trinajstić information content (AvgIpc) is 2.72. The molecule has 2 aliphatic rings. The Hall–Kier alpha value is -3.33. The van der Waals surface area contributed by atoms with Gasteiger partial charge >= 0.3 is 5.97 Å². The SMILES string of the molecule is O=C(O[C@@H]1Cc2c(O)cc(O)cc2O[C@H]1c1cc(O)c(O)c(O)c1)[C@H]1CC[C@@H](O)CC1. The van der Waals surface area contributed by atoms with Crippen molar-refractivity contribution in [2.45, 2.75) is 50.4 Å². The first kappa shape index (κ1) is 20.9. The van der Waals surface area contributed by atoms with E-state index >= 15 is 0 Å². The first-order valence-electron chi connectivity index (χ1n) is 10.1. The van der Waals surface area contributed by atoms with Gasteiger partial charge in [0, 0.05) is 29.7 Å². The number of hydrogen-bond donors (Lipinski definition) is 6. The fourth-order valence-corrected chi connectivity index (χ4v) is 4.18. The lowest BCUT2D eigenvalue weighted by Crippen LogP contribution is -2.37. The highest BCUT2D eigenvalue weighted by molar-refractivity contribution is 5.73. The summed E-state index contributed by atoms with van der Waals surface area (Å²) in [7, 11) is 0. The maximum absolute atomic E-state index is 12.8. The molecule has 6 N–H and O–H groups in total. The van der Waals surface area contributed by atoms with E-state index in [0.29, 0.717) is 31.2 Å². The minimum Gasteiger partial charge on any atom is -0.508 e. The maximum atomic E-state index is 12.8. The third kappa shape index (κ3) is 4.13. The molecule has 0 spiro atoms. The minimum atomic E-state index is -0.982. The Morgan fingerprint density at radius 2 is 1.55 bits per heavy atom. The number of aliphatic hydroxyl groups is 1. The molecule has 2 aromatic rings. The van der Waals surface area contributed by atoms with Crippen molar-refractivity contribution in [3.8, 4) is 34.5 Å². The summed E-state index contributed by atoms with van der Waals surface area (Å²) >= 11 is 0. The fourth-order valence-electron chi connectivity index (χ4n) is 4.18. The Morgan fingerprint density at radius 3 is 2.19 bits per heavy atom. The summed E-state index contributed by atoms with van der Waals surface area (Å²) in [5.74, 6) is -2.94. The summed E-state index contributed by atoms with van der Waals surface area (Å²) in [5, 5.41) is 59.2. The lowest BCUT2D eigenvalue weighted by molar-refractivity contribution is -0.162. The van der Waals surface area contributed by atoms with Gasteiger partial charge in [-0.3, -0.25) is 4.79 Å². The average molecular weight is 432 g/mol. The number of hydrogen-bond acceptors (Lipinski definition) is 9. The van der Waals surface area contributed by atoms with Gasteiger partial charge in [-0.1, -0.05) is 0 Å². The zero-order chi connectivity index (χ0) is 22.3. The van der Waals surface area contributed by atoms with Gasteiger partial charge in [-0.05, 0) is 37.8 Å². The van der Waals surface area contributed by atoms with Crippen molar-refractivity contribution in [1.29, 1.82) is 0 Å². The van der Waals surface area contributed by atoms with Crippen molar-refractivity contribution in [2.75, 3.05) is 0 Å². The second-order valence-electron chi connectivity index (χ2n) is 8.07. The molecule has 0 amide bonds. The van der Waals surface area contributed by atoms with E-state index in [-0.39, 0.29) is 35.2 Å². The number of phenols is 5. The smallest absolute Gasteiger partial charge is 0.309 e. The number of ether oxygens (including phenoxy) is 2. The van der Waals surface area contributed by atoms with Crippen LogP contribution in [0.5, 0.6) is 34.5 Å². The number of benzene rings is 2. The number of phenolic OH excluding ortho intramolecular Hbond substituents is 5. The highest BCUT2D eigenvalue weighted by Crippen LogP contribution is 2.45. The van der Waals surface area contributed by atoms with E-state index in [0.717, 1.165) is 6.07 Å². The molecule has 1 aliphatic heterocycles.